The number of rotatable bonds is 3. The van der Waals surface area contributed by atoms with Crippen molar-refractivity contribution in [2.75, 3.05) is 13.7 Å². The highest BCUT2D eigenvalue weighted by atomic mass is 19.1. The maximum Gasteiger partial charge on any atom is 0.310 e. The number of carbonyl (C=O) groups is 2. The van der Waals surface area contributed by atoms with Crippen molar-refractivity contribution in [3.05, 3.63) is 35.6 Å². The summed E-state index contributed by atoms with van der Waals surface area (Å²) in [6.07, 6.45) is 1.75. The molecule has 1 fully saturated rings. The van der Waals surface area contributed by atoms with Crippen molar-refractivity contribution in [2.45, 2.75) is 32.2 Å². The summed E-state index contributed by atoms with van der Waals surface area (Å²) in [5.41, 5.74) is 0.772. The van der Waals surface area contributed by atoms with Crippen molar-refractivity contribution in [3.8, 4) is 0 Å². The van der Waals surface area contributed by atoms with E-state index < -0.39 is 0 Å². The molecule has 1 aromatic carbocycles. The molecule has 1 aromatic rings. The van der Waals surface area contributed by atoms with Crippen molar-refractivity contribution >= 4 is 11.9 Å². The summed E-state index contributed by atoms with van der Waals surface area (Å²) in [5, 5.41) is 0. The lowest BCUT2D eigenvalue weighted by molar-refractivity contribution is -0.150. The number of methoxy groups -OCH3 is 1. The molecule has 0 unspecified atom stereocenters. The molecule has 1 amide bonds. The number of halogens is 1. The number of hydrogen-bond donors (Lipinski definition) is 0. The Bertz CT molecular complexity index is 515. The number of likely N-dealkylation sites (tertiary alicyclic amines) is 1. The molecular weight excluding hydrogens is 273 g/mol. The molecule has 1 heterocycles. The predicted octanol–water partition coefficient (Wildman–Crippen LogP) is 2.17. The van der Waals surface area contributed by atoms with Crippen LogP contribution >= 0.6 is 0 Å². The van der Waals surface area contributed by atoms with Crippen LogP contribution in [0.2, 0.25) is 0 Å². The molecule has 0 bridgehead atoms. The summed E-state index contributed by atoms with van der Waals surface area (Å²) >= 11 is 0. The van der Waals surface area contributed by atoms with E-state index in [-0.39, 0.29) is 36.1 Å². The SMILES string of the molecule is COC(=O)[C@@H]1CC[C@H](C)N(C(=O)Cc2ccc(F)cc2)C1. The minimum atomic E-state index is -0.316. The van der Waals surface area contributed by atoms with E-state index in [0.717, 1.165) is 18.4 Å². The molecule has 0 spiro atoms. The van der Waals surface area contributed by atoms with Crippen LogP contribution in [0.15, 0.2) is 24.3 Å². The van der Waals surface area contributed by atoms with E-state index in [9.17, 15) is 14.0 Å². The molecule has 2 rings (SSSR count). The summed E-state index contributed by atoms with van der Waals surface area (Å²) in [5.74, 6) is -0.865. The van der Waals surface area contributed by atoms with Crippen LogP contribution in [0.25, 0.3) is 0 Å². The fraction of sp³-hybridized carbons (Fsp3) is 0.500. The molecule has 0 radical (unpaired) electrons. The second-order valence-corrected chi connectivity index (χ2v) is 5.50. The van der Waals surface area contributed by atoms with Gasteiger partial charge < -0.3 is 9.64 Å². The fourth-order valence-electron chi connectivity index (χ4n) is 2.69. The van der Waals surface area contributed by atoms with E-state index in [1.165, 1.54) is 19.2 Å². The topological polar surface area (TPSA) is 46.6 Å². The quantitative estimate of drug-likeness (QED) is 0.802. The van der Waals surface area contributed by atoms with Gasteiger partial charge in [0.25, 0.3) is 0 Å². The van der Waals surface area contributed by atoms with E-state index in [4.69, 9.17) is 4.74 Å². The minimum Gasteiger partial charge on any atom is -0.469 e. The Hall–Kier alpha value is -1.91. The second kappa shape index (κ2) is 6.70. The monoisotopic (exact) mass is 293 g/mol. The number of carbonyl (C=O) groups excluding carboxylic acids is 2. The molecule has 1 saturated heterocycles. The number of esters is 1. The molecule has 2 atom stereocenters. The van der Waals surface area contributed by atoms with E-state index in [1.807, 2.05) is 6.92 Å². The Labute approximate surface area is 123 Å². The zero-order chi connectivity index (χ0) is 15.4. The summed E-state index contributed by atoms with van der Waals surface area (Å²) in [6.45, 7) is 2.38. The minimum absolute atomic E-state index is 0.0392. The predicted molar refractivity (Wildman–Crippen MR) is 76.0 cm³/mol. The van der Waals surface area contributed by atoms with Crippen LogP contribution in [0, 0.1) is 11.7 Å². The largest absolute Gasteiger partial charge is 0.469 e. The van der Waals surface area contributed by atoms with Crippen molar-refractivity contribution in [1.29, 1.82) is 0 Å². The molecule has 4 nitrogen and oxygen atoms in total. The lowest BCUT2D eigenvalue weighted by Gasteiger charge is -2.37. The van der Waals surface area contributed by atoms with Gasteiger partial charge in [0.05, 0.1) is 19.4 Å². The van der Waals surface area contributed by atoms with E-state index in [0.29, 0.717) is 6.54 Å². The Kier molecular flexibility index (Phi) is 4.94. The van der Waals surface area contributed by atoms with Crippen LogP contribution in [0.5, 0.6) is 0 Å². The van der Waals surface area contributed by atoms with Crippen LogP contribution in [0.4, 0.5) is 4.39 Å². The first-order chi connectivity index (χ1) is 10.0. The summed E-state index contributed by atoms with van der Waals surface area (Å²) < 4.78 is 17.6. The second-order valence-electron chi connectivity index (χ2n) is 5.50. The van der Waals surface area contributed by atoms with Gasteiger partial charge in [0.1, 0.15) is 5.82 Å². The number of piperidine rings is 1. The van der Waals surface area contributed by atoms with Gasteiger partial charge in [-0.3, -0.25) is 9.59 Å². The van der Waals surface area contributed by atoms with Crippen LogP contribution in [-0.2, 0) is 20.7 Å². The van der Waals surface area contributed by atoms with Crippen molar-refractivity contribution < 1.29 is 18.7 Å². The van der Waals surface area contributed by atoms with Gasteiger partial charge in [-0.05, 0) is 37.5 Å². The van der Waals surface area contributed by atoms with Crippen molar-refractivity contribution in [1.82, 2.24) is 4.90 Å². The molecule has 5 heteroatoms. The molecule has 0 aromatic heterocycles. The molecular formula is C16H20FNO3. The molecule has 0 aliphatic carbocycles. The van der Waals surface area contributed by atoms with Gasteiger partial charge in [-0.25, -0.2) is 4.39 Å². The molecule has 1 aliphatic rings. The highest BCUT2D eigenvalue weighted by Gasteiger charge is 2.32. The smallest absolute Gasteiger partial charge is 0.310 e. The van der Waals surface area contributed by atoms with Crippen LogP contribution < -0.4 is 0 Å². The first-order valence-electron chi connectivity index (χ1n) is 7.13. The van der Waals surface area contributed by atoms with Gasteiger partial charge >= 0.3 is 5.97 Å². The third-order valence-corrected chi connectivity index (χ3v) is 4.01. The summed E-state index contributed by atoms with van der Waals surface area (Å²) in [4.78, 5) is 25.8. The summed E-state index contributed by atoms with van der Waals surface area (Å²) in [6, 6.07) is 6.03. The van der Waals surface area contributed by atoms with E-state index in [2.05, 4.69) is 0 Å². The van der Waals surface area contributed by atoms with Gasteiger partial charge in [0.2, 0.25) is 5.91 Å². The average molecular weight is 293 g/mol. The molecule has 0 saturated carbocycles. The standard InChI is InChI=1S/C16H20FNO3/c1-11-3-6-13(16(20)21-2)10-18(11)15(19)9-12-4-7-14(17)8-5-12/h4-5,7-8,11,13H,3,6,9-10H2,1-2H3/t11-,13+/m0/s1. The Morgan fingerprint density at radius 1 is 1.29 bits per heavy atom. The highest BCUT2D eigenvalue weighted by Crippen LogP contribution is 2.23. The van der Waals surface area contributed by atoms with Gasteiger partial charge in [-0.2, -0.15) is 0 Å². The zero-order valence-electron chi connectivity index (χ0n) is 12.3. The molecule has 1 aliphatic heterocycles. The maximum atomic E-state index is 12.9. The number of amides is 1. The Morgan fingerprint density at radius 3 is 2.57 bits per heavy atom. The number of ether oxygens (including phenoxy) is 1. The lowest BCUT2D eigenvalue weighted by Crippen LogP contribution is -2.48. The highest BCUT2D eigenvalue weighted by molar-refractivity contribution is 5.80. The Morgan fingerprint density at radius 2 is 1.95 bits per heavy atom. The van der Waals surface area contributed by atoms with E-state index in [1.54, 1.807) is 17.0 Å². The zero-order valence-corrected chi connectivity index (χ0v) is 12.3. The number of nitrogens with zero attached hydrogens (tertiary/aromatic N) is 1. The maximum absolute atomic E-state index is 12.9. The molecule has 0 N–H and O–H groups in total. The fourth-order valence-corrected chi connectivity index (χ4v) is 2.69. The van der Waals surface area contributed by atoms with Crippen molar-refractivity contribution in [3.63, 3.8) is 0 Å². The third-order valence-electron chi connectivity index (χ3n) is 4.01. The summed E-state index contributed by atoms with van der Waals surface area (Å²) in [7, 11) is 1.37. The van der Waals surface area contributed by atoms with Crippen LogP contribution in [0.1, 0.15) is 25.3 Å². The molecule has 21 heavy (non-hydrogen) atoms. The first kappa shape index (κ1) is 15.5. The van der Waals surface area contributed by atoms with Crippen LogP contribution in [-0.4, -0.2) is 36.5 Å². The number of hydrogen-bond acceptors (Lipinski definition) is 3. The van der Waals surface area contributed by atoms with Crippen LogP contribution in [0.3, 0.4) is 0 Å². The third kappa shape index (κ3) is 3.80. The van der Waals surface area contributed by atoms with E-state index >= 15 is 0 Å². The van der Waals surface area contributed by atoms with Gasteiger partial charge in [-0.15, -0.1) is 0 Å². The normalized spacial score (nSPS) is 22.0. The van der Waals surface area contributed by atoms with Gasteiger partial charge in [0, 0.05) is 12.6 Å². The molecule has 114 valence electrons. The van der Waals surface area contributed by atoms with Gasteiger partial charge in [-0.1, -0.05) is 12.1 Å². The Balaban J connectivity index is 2.02. The average Bonchev–Trinajstić information content (AvgIpc) is 2.49. The van der Waals surface area contributed by atoms with Gasteiger partial charge in [0.15, 0.2) is 0 Å². The first-order valence-corrected chi connectivity index (χ1v) is 7.13. The van der Waals surface area contributed by atoms with Crippen molar-refractivity contribution in [2.24, 2.45) is 5.92 Å². The lowest BCUT2D eigenvalue weighted by atomic mass is 9.93. The number of benzene rings is 1.